The fourth-order valence-corrected chi connectivity index (χ4v) is 1.44. The normalized spacial score (nSPS) is 10.3. The van der Waals surface area contributed by atoms with Crippen molar-refractivity contribution in [1.29, 1.82) is 0 Å². The van der Waals surface area contributed by atoms with Crippen molar-refractivity contribution in [3.63, 3.8) is 0 Å². The molecular weight excluding hydrogens is 193 g/mol. The highest BCUT2D eigenvalue weighted by Crippen LogP contribution is 2.12. The van der Waals surface area contributed by atoms with E-state index in [1.807, 2.05) is 13.0 Å². The van der Waals surface area contributed by atoms with Crippen molar-refractivity contribution in [2.75, 3.05) is 0 Å². The van der Waals surface area contributed by atoms with Gasteiger partial charge in [-0.3, -0.25) is 4.79 Å². The minimum absolute atomic E-state index is 0.113. The summed E-state index contributed by atoms with van der Waals surface area (Å²) in [6, 6.07) is 7.36. The number of ketones is 1. The van der Waals surface area contributed by atoms with E-state index in [1.54, 1.807) is 6.20 Å². The second-order valence-electron chi connectivity index (χ2n) is 3.37. The molecule has 2 rings (SSSR count). The van der Waals surface area contributed by atoms with E-state index in [4.69, 9.17) is 0 Å². The largest absolute Gasteiger partial charge is 0.358 e. The average molecular weight is 203 g/mol. The Hall–Kier alpha value is -1.90. The quantitative estimate of drug-likeness (QED) is 0.748. The van der Waals surface area contributed by atoms with Crippen LogP contribution in [0, 0.1) is 12.7 Å². The zero-order chi connectivity index (χ0) is 10.8. The maximum absolute atomic E-state index is 12.7. The van der Waals surface area contributed by atoms with E-state index in [2.05, 4.69) is 4.98 Å². The molecule has 0 unspecified atom stereocenters. The van der Waals surface area contributed by atoms with Crippen LogP contribution in [-0.2, 0) is 0 Å². The number of carbonyl (C=O) groups excluding carboxylic acids is 1. The standard InChI is InChI=1S/C12H10FNO/c1-8-6-7-14-11(8)12(15)9-2-4-10(13)5-3-9/h2-7,14H,1H3. The van der Waals surface area contributed by atoms with Gasteiger partial charge in [-0.1, -0.05) is 0 Å². The third-order valence-corrected chi connectivity index (χ3v) is 2.29. The van der Waals surface area contributed by atoms with Gasteiger partial charge in [0.25, 0.3) is 0 Å². The Morgan fingerprint density at radius 3 is 2.40 bits per heavy atom. The minimum Gasteiger partial charge on any atom is -0.358 e. The molecule has 0 bridgehead atoms. The predicted molar refractivity (Wildman–Crippen MR) is 55.4 cm³/mol. The van der Waals surface area contributed by atoms with Gasteiger partial charge in [-0.15, -0.1) is 0 Å². The molecule has 1 heterocycles. The van der Waals surface area contributed by atoms with Crippen molar-refractivity contribution in [2.24, 2.45) is 0 Å². The summed E-state index contributed by atoms with van der Waals surface area (Å²) in [6.45, 7) is 1.85. The van der Waals surface area contributed by atoms with E-state index in [1.165, 1.54) is 24.3 Å². The summed E-state index contributed by atoms with van der Waals surface area (Å²) >= 11 is 0. The number of aryl methyl sites for hydroxylation is 1. The predicted octanol–water partition coefficient (Wildman–Crippen LogP) is 2.69. The number of nitrogens with one attached hydrogen (secondary N) is 1. The van der Waals surface area contributed by atoms with Crippen LogP contribution in [0.15, 0.2) is 36.5 Å². The van der Waals surface area contributed by atoms with Crippen LogP contribution in [0.2, 0.25) is 0 Å². The Balaban J connectivity index is 2.37. The Kier molecular flexibility index (Phi) is 2.37. The van der Waals surface area contributed by atoms with Gasteiger partial charge in [0.1, 0.15) is 5.82 Å². The highest BCUT2D eigenvalue weighted by atomic mass is 19.1. The Bertz CT molecular complexity index is 485. The fraction of sp³-hybridized carbons (Fsp3) is 0.0833. The number of hydrogen-bond acceptors (Lipinski definition) is 1. The lowest BCUT2D eigenvalue weighted by Gasteiger charge is -1.99. The van der Waals surface area contributed by atoms with Gasteiger partial charge in [0.05, 0.1) is 5.69 Å². The van der Waals surface area contributed by atoms with Gasteiger partial charge in [0, 0.05) is 11.8 Å². The number of hydrogen-bond donors (Lipinski definition) is 1. The maximum Gasteiger partial charge on any atom is 0.209 e. The molecular formula is C12H10FNO. The fourth-order valence-electron chi connectivity index (χ4n) is 1.44. The maximum atomic E-state index is 12.7. The van der Waals surface area contributed by atoms with Crippen molar-refractivity contribution in [1.82, 2.24) is 4.98 Å². The molecule has 0 fully saturated rings. The summed E-state index contributed by atoms with van der Waals surface area (Å²) in [5.74, 6) is -0.452. The highest BCUT2D eigenvalue weighted by Gasteiger charge is 2.12. The van der Waals surface area contributed by atoms with Crippen molar-refractivity contribution >= 4 is 5.78 Å². The Labute approximate surface area is 86.8 Å². The first-order chi connectivity index (χ1) is 7.18. The molecule has 1 N–H and O–H groups in total. The third-order valence-electron chi connectivity index (χ3n) is 2.29. The Morgan fingerprint density at radius 1 is 1.20 bits per heavy atom. The number of carbonyl (C=O) groups is 1. The van der Waals surface area contributed by atoms with Crippen LogP contribution in [0.5, 0.6) is 0 Å². The summed E-state index contributed by atoms with van der Waals surface area (Å²) in [5.41, 5.74) is 1.94. The summed E-state index contributed by atoms with van der Waals surface area (Å²) < 4.78 is 12.7. The molecule has 0 aliphatic rings. The number of halogens is 1. The smallest absolute Gasteiger partial charge is 0.209 e. The molecule has 3 heteroatoms. The molecule has 1 aromatic heterocycles. The van der Waals surface area contributed by atoms with Crippen LogP contribution in [-0.4, -0.2) is 10.8 Å². The Morgan fingerprint density at radius 2 is 1.87 bits per heavy atom. The molecule has 0 aliphatic carbocycles. The molecule has 0 radical (unpaired) electrons. The van der Waals surface area contributed by atoms with Crippen LogP contribution >= 0.6 is 0 Å². The van der Waals surface area contributed by atoms with Crippen LogP contribution < -0.4 is 0 Å². The summed E-state index contributed by atoms with van der Waals surface area (Å²) in [7, 11) is 0. The second-order valence-corrected chi connectivity index (χ2v) is 3.37. The number of H-pyrrole nitrogens is 1. The van der Waals surface area contributed by atoms with Gasteiger partial charge < -0.3 is 4.98 Å². The van der Waals surface area contributed by atoms with Crippen LogP contribution in [0.1, 0.15) is 21.6 Å². The molecule has 2 nitrogen and oxygen atoms in total. The lowest BCUT2D eigenvalue weighted by molar-refractivity contribution is 0.103. The first-order valence-electron chi connectivity index (χ1n) is 4.63. The van der Waals surface area contributed by atoms with Gasteiger partial charge in [-0.2, -0.15) is 0 Å². The van der Waals surface area contributed by atoms with E-state index in [-0.39, 0.29) is 11.6 Å². The van der Waals surface area contributed by atoms with Gasteiger partial charge in [0.15, 0.2) is 0 Å². The number of rotatable bonds is 2. The number of benzene rings is 1. The molecule has 2 aromatic rings. The molecule has 76 valence electrons. The van der Waals surface area contributed by atoms with Gasteiger partial charge in [-0.05, 0) is 42.8 Å². The lowest BCUT2D eigenvalue weighted by atomic mass is 10.1. The van der Waals surface area contributed by atoms with E-state index in [0.717, 1.165) is 5.56 Å². The molecule has 0 saturated carbocycles. The van der Waals surface area contributed by atoms with Crippen LogP contribution in [0.3, 0.4) is 0 Å². The van der Waals surface area contributed by atoms with Crippen molar-refractivity contribution in [2.45, 2.75) is 6.92 Å². The highest BCUT2D eigenvalue weighted by molar-refractivity contribution is 6.08. The van der Waals surface area contributed by atoms with Crippen molar-refractivity contribution < 1.29 is 9.18 Å². The number of aromatic amines is 1. The number of aromatic nitrogens is 1. The van der Waals surface area contributed by atoms with E-state index in [0.29, 0.717) is 11.3 Å². The van der Waals surface area contributed by atoms with Crippen LogP contribution in [0.25, 0.3) is 0 Å². The zero-order valence-electron chi connectivity index (χ0n) is 8.25. The van der Waals surface area contributed by atoms with E-state index in [9.17, 15) is 9.18 Å². The second kappa shape index (κ2) is 3.69. The van der Waals surface area contributed by atoms with Gasteiger partial charge >= 0.3 is 0 Å². The van der Waals surface area contributed by atoms with Gasteiger partial charge in [-0.25, -0.2) is 4.39 Å². The first-order valence-corrected chi connectivity index (χ1v) is 4.63. The molecule has 0 amide bonds. The first kappa shape index (κ1) is 9.65. The topological polar surface area (TPSA) is 32.9 Å². The average Bonchev–Trinajstić information content (AvgIpc) is 2.65. The van der Waals surface area contributed by atoms with Crippen molar-refractivity contribution in [3.05, 3.63) is 59.2 Å². The monoisotopic (exact) mass is 203 g/mol. The zero-order valence-corrected chi connectivity index (χ0v) is 8.25. The minimum atomic E-state index is -0.338. The van der Waals surface area contributed by atoms with Crippen LogP contribution in [0.4, 0.5) is 4.39 Å². The summed E-state index contributed by atoms with van der Waals surface area (Å²) in [5, 5.41) is 0. The SMILES string of the molecule is Cc1cc[nH]c1C(=O)c1ccc(F)cc1. The van der Waals surface area contributed by atoms with E-state index < -0.39 is 0 Å². The molecule has 0 atom stereocenters. The van der Waals surface area contributed by atoms with E-state index >= 15 is 0 Å². The molecule has 0 spiro atoms. The summed E-state index contributed by atoms with van der Waals surface area (Å²) in [6.07, 6.45) is 1.71. The molecule has 0 saturated heterocycles. The summed E-state index contributed by atoms with van der Waals surface area (Å²) in [4.78, 5) is 14.8. The molecule has 15 heavy (non-hydrogen) atoms. The third kappa shape index (κ3) is 1.81. The van der Waals surface area contributed by atoms with Gasteiger partial charge in [0.2, 0.25) is 5.78 Å². The molecule has 1 aromatic carbocycles. The lowest BCUT2D eigenvalue weighted by Crippen LogP contribution is -2.03. The molecule has 0 aliphatic heterocycles. The van der Waals surface area contributed by atoms with Crippen molar-refractivity contribution in [3.8, 4) is 0 Å².